The van der Waals surface area contributed by atoms with Gasteiger partial charge >= 0.3 is 0 Å². The van der Waals surface area contributed by atoms with Crippen LogP contribution in [0.25, 0.3) is 0 Å². The average molecular weight is 243 g/mol. The molecule has 0 aliphatic carbocycles. The van der Waals surface area contributed by atoms with E-state index in [4.69, 9.17) is 10.5 Å². The summed E-state index contributed by atoms with van der Waals surface area (Å²) < 4.78 is 5.67. The number of rotatable bonds is 4. The molecule has 2 aromatic carbocycles. The van der Waals surface area contributed by atoms with Crippen molar-refractivity contribution in [2.75, 3.05) is 6.61 Å². The molecule has 0 saturated carbocycles. The van der Waals surface area contributed by atoms with Gasteiger partial charge in [0.25, 0.3) is 0 Å². The Balaban J connectivity index is 2.03. The predicted molar refractivity (Wildman–Crippen MR) is 71.7 cm³/mol. The SMILES string of the molecule is Cc1ccccc1OCC(N)c1ccccc1O. The third-order valence-corrected chi connectivity index (χ3v) is 2.85. The molecule has 1 unspecified atom stereocenters. The Hall–Kier alpha value is -2.00. The molecular weight excluding hydrogens is 226 g/mol. The van der Waals surface area contributed by atoms with Gasteiger partial charge in [0.05, 0.1) is 6.04 Å². The fourth-order valence-corrected chi connectivity index (χ4v) is 1.79. The van der Waals surface area contributed by atoms with Crippen LogP contribution >= 0.6 is 0 Å². The van der Waals surface area contributed by atoms with Crippen LogP contribution in [-0.4, -0.2) is 11.7 Å². The first kappa shape index (κ1) is 12.5. The van der Waals surface area contributed by atoms with Crippen molar-refractivity contribution in [3.05, 3.63) is 59.7 Å². The van der Waals surface area contributed by atoms with E-state index in [1.807, 2.05) is 37.3 Å². The highest BCUT2D eigenvalue weighted by Crippen LogP contribution is 2.23. The minimum atomic E-state index is -0.342. The second-order valence-corrected chi connectivity index (χ2v) is 4.24. The Kier molecular flexibility index (Phi) is 3.85. The van der Waals surface area contributed by atoms with Crippen molar-refractivity contribution in [2.24, 2.45) is 5.73 Å². The summed E-state index contributed by atoms with van der Waals surface area (Å²) in [4.78, 5) is 0. The van der Waals surface area contributed by atoms with Crippen molar-refractivity contribution in [2.45, 2.75) is 13.0 Å². The molecule has 1 atom stereocenters. The molecule has 3 heteroatoms. The summed E-state index contributed by atoms with van der Waals surface area (Å²) in [5.41, 5.74) is 7.78. The zero-order valence-corrected chi connectivity index (χ0v) is 10.3. The van der Waals surface area contributed by atoms with Gasteiger partial charge in [0.1, 0.15) is 18.1 Å². The van der Waals surface area contributed by atoms with Gasteiger partial charge in [-0.25, -0.2) is 0 Å². The summed E-state index contributed by atoms with van der Waals surface area (Å²) in [6.45, 7) is 2.32. The van der Waals surface area contributed by atoms with E-state index >= 15 is 0 Å². The monoisotopic (exact) mass is 243 g/mol. The lowest BCUT2D eigenvalue weighted by atomic mass is 10.1. The van der Waals surface area contributed by atoms with Gasteiger partial charge < -0.3 is 15.6 Å². The molecule has 94 valence electrons. The van der Waals surface area contributed by atoms with Crippen molar-refractivity contribution in [3.8, 4) is 11.5 Å². The molecule has 18 heavy (non-hydrogen) atoms. The number of benzene rings is 2. The second-order valence-electron chi connectivity index (χ2n) is 4.24. The maximum absolute atomic E-state index is 9.70. The summed E-state index contributed by atoms with van der Waals surface area (Å²) in [6, 6.07) is 14.5. The van der Waals surface area contributed by atoms with Crippen LogP contribution in [0.4, 0.5) is 0 Å². The summed E-state index contributed by atoms with van der Waals surface area (Å²) >= 11 is 0. The minimum absolute atomic E-state index is 0.207. The van der Waals surface area contributed by atoms with Crippen molar-refractivity contribution < 1.29 is 9.84 Å². The highest BCUT2D eigenvalue weighted by Gasteiger charge is 2.11. The predicted octanol–water partition coefficient (Wildman–Crippen LogP) is 2.78. The number of hydrogen-bond donors (Lipinski definition) is 2. The van der Waals surface area contributed by atoms with Crippen molar-refractivity contribution in [1.29, 1.82) is 0 Å². The minimum Gasteiger partial charge on any atom is -0.508 e. The van der Waals surface area contributed by atoms with Gasteiger partial charge in [-0.05, 0) is 24.6 Å². The molecule has 0 aromatic heterocycles. The first-order valence-corrected chi connectivity index (χ1v) is 5.90. The van der Waals surface area contributed by atoms with Crippen LogP contribution in [0, 0.1) is 6.92 Å². The van der Waals surface area contributed by atoms with Crippen LogP contribution in [0.5, 0.6) is 11.5 Å². The molecule has 2 aromatic rings. The maximum Gasteiger partial charge on any atom is 0.122 e. The normalized spacial score (nSPS) is 12.1. The molecule has 0 radical (unpaired) electrons. The van der Waals surface area contributed by atoms with E-state index in [1.54, 1.807) is 18.2 Å². The van der Waals surface area contributed by atoms with E-state index in [0.29, 0.717) is 12.2 Å². The number of para-hydroxylation sites is 2. The van der Waals surface area contributed by atoms with Crippen LogP contribution in [0.3, 0.4) is 0 Å². The van der Waals surface area contributed by atoms with E-state index in [9.17, 15) is 5.11 Å². The van der Waals surface area contributed by atoms with Crippen LogP contribution in [-0.2, 0) is 0 Å². The molecule has 0 heterocycles. The Bertz CT molecular complexity index is 525. The van der Waals surface area contributed by atoms with Gasteiger partial charge in [-0.15, -0.1) is 0 Å². The van der Waals surface area contributed by atoms with Gasteiger partial charge in [0, 0.05) is 5.56 Å². The number of hydrogen-bond acceptors (Lipinski definition) is 3. The number of aryl methyl sites for hydroxylation is 1. The van der Waals surface area contributed by atoms with Gasteiger partial charge in [0.15, 0.2) is 0 Å². The lowest BCUT2D eigenvalue weighted by Crippen LogP contribution is -2.19. The number of nitrogens with two attached hydrogens (primary N) is 1. The molecule has 0 spiro atoms. The molecule has 0 bridgehead atoms. The third kappa shape index (κ3) is 2.81. The van der Waals surface area contributed by atoms with Crippen LogP contribution < -0.4 is 10.5 Å². The van der Waals surface area contributed by atoms with Gasteiger partial charge in [-0.3, -0.25) is 0 Å². The molecule has 0 amide bonds. The lowest BCUT2D eigenvalue weighted by molar-refractivity contribution is 0.286. The zero-order valence-electron chi connectivity index (χ0n) is 10.3. The second kappa shape index (κ2) is 5.56. The van der Waals surface area contributed by atoms with E-state index in [-0.39, 0.29) is 11.8 Å². The first-order chi connectivity index (χ1) is 8.68. The molecule has 3 nitrogen and oxygen atoms in total. The molecule has 0 aliphatic heterocycles. The standard InChI is InChI=1S/C15H17NO2/c1-11-6-2-5-9-15(11)18-10-13(16)12-7-3-4-8-14(12)17/h2-9,13,17H,10,16H2,1H3. The van der Waals surface area contributed by atoms with E-state index in [0.717, 1.165) is 11.3 Å². The molecular formula is C15H17NO2. The summed E-state index contributed by atoms with van der Waals surface area (Å²) in [5, 5.41) is 9.70. The Morgan fingerprint density at radius 2 is 1.78 bits per heavy atom. The van der Waals surface area contributed by atoms with Crippen LogP contribution in [0.1, 0.15) is 17.2 Å². The largest absolute Gasteiger partial charge is 0.508 e. The first-order valence-electron chi connectivity index (χ1n) is 5.90. The van der Waals surface area contributed by atoms with E-state index < -0.39 is 0 Å². The van der Waals surface area contributed by atoms with E-state index in [1.165, 1.54) is 0 Å². The fourth-order valence-electron chi connectivity index (χ4n) is 1.79. The van der Waals surface area contributed by atoms with Gasteiger partial charge in [-0.2, -0.15) is 0 Å². The maximum atomic E-state index is 9.70. The van der Waals surface area contributed by atoms with Crippen molar-refractivity contribution >= 4 is 0 Å². The molecule has 0 aliphatic rings. The highest BCUT2D eigenvalue weighted by atomic mass is 16.5. The topological polar surface area (TPSA) is 55.5 Å². The Morgan fingerprint density at radius 1 is 1.11 bits per heavy atom. The summed E-state index contributed by atoms with van der Waals surface area (Å²) in [5.74, 6) is 1.03. The number of phenolic OH excluding ortho intramolecular Hbond substituents is 1. The molecule has 0 fully saturated rings. The van der Waals surface area contributed by atoms with Crippen molar-refractivity contribution in [3.63, 3.8) is 0 Å². The lowest BCUT2D eigenvalue weighted by Gasteiger charge is -2.15. The summed E-state index contributed by atoms with van der Waals surface area (Å²) in [6.07, 6.45) is 0. The van der Waals surface area contributed by atoms with E-state index in [2.05, 4.69) is 0 Å². The molecule has 0 saturated heterocycles. The third-order valence-electron chi connectivity index (χ3n) is 2.85. The van der Waals surface area contributed by atoms with Crippen molar-refractivity contribution in [1.82, 2.24) is 0 Å². The smallest absolute Gasteiger partial charge is 0.122 e. The van der Waals surface area contributed by atoms with Crippen LogP contribution in [0.2, 0.25) is 0 Å². The number of phenols is 1. The number of aromatic hydroxyl groups is 1. The van der Waals surface area contributed by atoms with Gasteiger partial charge in [0.2, 0.25) is 0 Å². The van der Waals surface area contributed by atoms with Crippen LogP contribution in [0.15, 0.2) is 48.5 Å². The molecule has 3 N–H and O–H groups in total. The van der Waals surface area contributed by atoms with Gasteiger partial charge in [-0.1, -0.05) is 36.4 Å². The fraction of sp³-hybridized carbons (Fsp3) is 0.200. The quantitative estimate of drug-likeness (QED) is 0.868. The molecule has 2 rings (SSSR count). The summed E-state index contributed by atoms with van der Waals surface area (Å²) in [7, 11) is 0. The Labute approximate surface area is 107 Å². The highest BCUT2D eigenvalue weighted by molar-refractivity contribution is 5.35. The Morgan fingerprint density at radius 3 is 2.50 bits per heavy atom. The zero-order chi connectivity index (χ0) is 13.0. The average Bonchev–Trinajstić information content (AvgIpc) is 2.38. The number of ether oxygens (including phenoxy) is 1.